The van der Waals surface area contributed by atoms with E-state index in [2.05, 4.69) is 50.3 Å². The van der Waals surface area contributed by atoms with Gasteiger partial charge in [-0.2, -0.15) is 0 Å². The lowest BCUT2D eigenvalue weighted by Gasteiger charge is -2.16. The van der Waals surface area contributed by atoms with Gasteiger partial charge in [0.1, 0.15) is 6.10 Å². The normalized spacial score (nSPS) is 12.6. The number of ether oxygens (including phenoxy) is 2. The number of unbranched alkanes of at least 4 members (excludes halogenated alkanes) is 25. The minimum absolute atomic E-state index is 0.175. The van der Waals surface area contributed by atoms with Gasteiger partial charge in [-0.3, -0.25) is 4.79 Å². The molecule has 0 aliphatic rings. The van der Waals surface area contributed by atoms with Crippen LogP contribution in [0.1, 0.15) is 213 Å². The molecule has 0 aliphatic carbocycles. The van der Waals surface area contributed by atoms with Crippen molar-refractivity contribution in [3.05, 3.63) is 36.5 Å². The summed E-state index contributed by atoms with van der Waals surface area (Å²) >= 11 is 0. The van der Waals surface area contributed by atoms with Gasteiger partial charge >= 0.3 is 5.97 Å². The molecule has 0 saturated heterocycles. The van der Waals surface area contributed by atoms with Crippen molar-refractivity contribution in [1.29, 1.82) is 0 Å². The molecule has 0 bridgehead atoms. The topological polar surface area (TPSA) is 55.8 Å². The lowest BCUT2D eigenvalue weighted by molar-refractivity contribution is -0.154. The summed E-state index contributed by atoms with van der Waals surface area (Å²) in [6.45, 7) is 5.34. The Bertz CT molecular complexity index is 713. The Kier molecular flexibility index (Phi) is 40.6. The molecule has 0 radical (unpaired) electrons. The van der Waals surface area contributed by atoms with Crippen LogP contribution in [-0.2, 0) is 14.3 Å². The van der Waals surface area contributed by atoms with E-state index in [0.717, 1.165) is 44.9 Å². The highest BCUT2D eigenvalue weighted by molar-refractivity contribution is 5.69. The Balaban J connectivity index is 3.46. The molecule has 282 valence electrons. The molecule has 0 aromatic carbocycles. The molecule has 0 heterocycles. The summed E-state index contributed by atoms with van der Waals surface area (Å²) in [5, 5.41) is 9.59. The number of rotatable bonds is 39. The second-order valence-corrected chi connectivity index (χ2v) is 14.1. The molecular weight excluding hydrogens is 592 g/mol. The first-order valence-electron chi connectivity index (χ1n) is 21.1. The van der Waals surface area contributed by atoms with Gasteiger partial charge < -0.3 is 14.6 Å². The molecule has 48 heavy (non-hydrogen) atoms. The van der Waals surface area contributed by atoms with Gasteiger partial charge in [0.25, 0.3) is 0 Å². The number of carbonyl (C=O) groups excluding carboxylic acids is 1. The molecule has 1 atom stereocenters. The van der Waals surface area contributed by atoms with Crippen molar-refractivity contribution in [3.63, 3.8) is 0 Å². The molecule has 0 amide bonds. The number of aliphatic hydroxyl groups is 1. The summed E-state index contributed by atoms with van der Waals surface area (Å²) in [4.78, 5) is 12.2. The fraction of sp³-hybridized carbons (Fsp3) is 0.841. The third-order valence-corrected chi connectivity index (χ3v) is 9.22. The predicted molar refractivity (Wildman–Crippen MR) is 210 cm³/mol. The molecule has 0 aromatic heterocycles. The van der Waals surface area contributed by atoms with Crippen LogP contribution >= 0.6 is 0 Å². The van der Waals surface area contributed by atoms with E-state index in [1.165, 1.54) is 148 Å². The highest BCUT2D eigenvalue weighted by Gasteiger charge is 2.13. The summed E-state index contributed by atoms with van der Waals surface area (Å²) in [6, 6.07) is 0. The quantitative estimate of drug-likeness (QED) is 0.0400. The first-order valence-corrected chi connectivity index (χ1v) is 21.1. The number of aliphatic hydroxyl groups excluding tert-OH is 1. The maximum absolute atomic E-state index is 12.2. The monoisotopic (exact) mass is 675 g/mol. The van der Waals surface area contributed by atoms with Gasteiger partial charge in [0.15, 0.2) is 0 Å². The van der Waals surface area contributed by atoms with Crippen LogP contribution in [0.3, 0.4) is 0 Å². The highest BCUT2D eigenvalue weighted by atomic mass is 16.6. The van der Waals surface area contributed by atoms with E-state index in [4.69, 9.17) is 9.47 Å². The van der Waals surface area contributed by atoms with Gasteiger partial charge in [0.05, 0.1) is 13.2 Å². The van der Waals surface area contributed by atoms with Gasteiger partial charge in [0.2, 0.25) is 0 Å². The standard InChI is InChI=1S/C44H82O4/c1-3-5-7-9-11-13-15-17-19-20-21-22-23-24-25-27-29-31-33-35-37-39-44(46)48-43(41-45)42-47-40-38-36-34-32-30-28-26-18-16-14-12-10-8-6-4-2/h15,17,20-21,23-24,43,45H,3-14,16,18-19,22,25-42H2,1-2H3/b17-15-,21-20-,24-23-. The maximum Gasteiger partial charge on any atom is 0.306 e. The summed E-state index contributed by atoms with van der Waals surface area (Å²) in [7, 11) is 0. The van der Waals surface area contributed by atoms with Gasteiger partial charge in [0, 0.05) is 13.0 Å². The zero-order valence-corrected chi connectivity index (χ0v) is 32.3. The van der Waals surface area contributed by atoms with Crippen LogP contribution < -0.4 is 0 Å². The fourth-order valence-corrected chi connectivity index (χ4v) is 6.04. The SMILES string of the molecule is CCCCCCC/C=C\C/C=C\C/C=C\CCCCCCCCC(=O)OC(CO)COCCCCCCCCCCCCCCCCC. The van der Waals surface area contributed by atoms with Crippen LogP contribution in [0.2, 0.25) is 0 Å². The Labute approximate surface area is 300 Å². The summed E-state index contributed by atoms with van der Waals surface area (Å²) in [5.41, 5.74) is 0. The zero-order valence-electron chi connectivity index (χ0n) is 32.3. The van der Waals surface area contributed by atoms with Crippen molar-refractivity contribution < 1.29 is 19.4 Å². The molecule has 4 heteroatoms. The van der Waals surface area contributed by atoms with E-state index in [1.807, 2.05) is 0 Å². The third-order valence-electron chi connectivity index (χ3n) is 9.22. The number of hydrogen-bond donors (Lipinski definition) is 1. The predicted octanol–water partition coefficient (Wildman–Crippen LogP) is 13.7. The van der Waals surface area contributed by atoms with E-state index in [1.54, 1.807) is 0 Å². The third kappa shape index (κ3) is 39.1. The molecule has 0 fully saturated rings. The Morgan fingerprint density at radius 2 is 0.875 bits per heavy atom. The molecule has 0 aromatic rings. The van der Waals surface area contributed by atoms with Crippen LogP contribution in [0.25, 0.3) is 0 Å². The molecule has 0 rings (SSSR count). The first kappa shape index (κ1) is 46.6. The molecule has 1 unspecified atom stereocenters. The smallest absolute Gasteiger partial charge is 0.306 e. The average molecular weight is 675 g/mol. The van der Waals surface area contributed by atoms with E-state index in [-0.39, 0.29) is 12.6 Å². The Hall–Kier alpha value is -1.39. The van der Waals surface area contributed by atoms with Crippen LogP contribution in [0.15, 0.2) is 36.5 Å². The Morgan fingerprint density at radius 1 is 0.500 bits per heavy atom. The minimum atomic E-state index is -0.538. The number of esters is 1. The second kappa shape index (κ2) is 41.8. The van der Waals surface area contributed by atoms with E-state index in [0.29, 0.717) is 19.6 Å². The van der Waals surface area contributed by atoms with E-state index < -0.39 is 6.10 Å². The average Bonchev–Trinajstić information content (AvgIpc) is 3.09. The summed E-state index contributed by atoms with van der Waals surface area (Å²) in [6.07, 6.45) is 51.9. The van der Waals surface area contributed by atoms with Crippen molar-refractivity contribution in [2.45, 2.75) is 219 Å². The molecular formula is C44H82O4. The molecule has 0 spiro atoms. The summed E-state index contributed by atoms with van der Waals surface area (Å²) in [5.74, 6) is -0.211. The Morgan fingerprint density at radius 3 is 1.31 bits per heavy atom. The van der Waals surface area contributed by atoms with Crippen LogP contribution in [0.4, 0.5) is 0 Å². The van der Waals surface area contributed by atoms with Gasteiger partial charge in [-0.1, -0.05) is 192 Å². The molecule has 0 saturated carbocycles. The molecule has 4 nitrogen and oxygen atoms in total. The first-order chi connectivity index (χ1) is 23.7. The zero-order chi connectivity index (χ0) is 34.9. The van der Waals surface area contributed by atoms with Crippen LogP contribution in [0, 0.1) is 0 Å². The molecule has 0 aliphatic heterocycles. The molecule has 1 N–H and O–H groups in total. The largest absolute Gasteiger partial charge is 0.457 e. The summed E-state index contributed by atoms with van der Waals surface area (Å²) < 4.78 is 11.1. The lowest BCUT2D eigenvalue weighted by Crippen LogP contribution is -2.27. The fourth-order valence-electron chi connectivity index (χ4n) is 6.04. The second-order valence-electron chi connectivity index (χ2n) is 14.1. The lowest BCUT2D eigenvalue weighted by atomic mass is 10.0. The minimum Gasteiger partial charge on any atom is -0.457 e. The highest BCUT2D eigenvalue weighted by Crippen LogP contribution is 2.14. The van der Waals surface area contributed by atoms with E-state index >= 15 is 0 Å². The van der Waals surface area contributed by atoms with Gasteiger partial charge in [-0.15, -0.1) is 0 Å². The van der Waals surface area contributed by atoms with Crippen molar-refractivity contribution in [2.75, 3.05) is 19.8 Å². The van der Waals surface area contributed by atoms with Crippen LogP contribution in [0.5, 0.6) is 0 Å². The number of hydrogen-bond acceptors (Lipinski definition) is 4. The van der Waals surface area contributed by atoms with Gasteiger partial charge in [-0.25, -0.2) is 0 Å². The van der Waals surface area contributed by atoms with Crippen molar-refractivity contribution in [2.24, 2.45) is 0 Å². The van der Waals surface area contributed by atoms with Crippen molar-refractivity contribution in [3.8, 4) is 0 Å². The maximum atomic E-state index is 12.2. The van der Waals surface area contributed by atoms with E-state index in [9.17, 15) is 9.90 Å². The van der Waals surface area contributed by atoms with Gasteiger partial charge in [-0.05, 0) is 51.4 Å². The number of carbonyl (C=O) groups is 1. The van der Waals surface area contributed by atoms with Crippen molar-refractivity contribution >= 4 is 5.97 Å². The van der Waals surface area contributed by atoms with Crippen LogP contribution in [-0.4, -0.2) is 37.0 Å². The number of allylic oxidation sites excluding steroid dienone is 6. The van der Waals surface area contributed by atoms with Crippen molar-refractivity contribution in [1.82, 2.24) is 0 Å².